The summed E-state index contributed by atoms with van der Waals surface area (Å²) in [7, 11) is 0. The number of carbonyl (C=O) groups excluding carboxylic acids is 2. The first-order valence-corrected chi connectivity index (χ1v) is 9.03. The number of hydrogen-bond donors (Lipinski definition) is 0. The lowest BCUT2D eigenvalue weighted by Gasteiger charge is -2.15. The van der Waals surface area contributed by atoms with Gasteiger partial charge in [0.15, 0.2) is 4.32 Å². The van der Waals surface area contributed by atoms with E-state index in [1.165, 1.54) is 17.0 Å². The summed E-state index contributed by atoms with van der Waals surface area (Å²) < 4.78 is 18.7. The molecule has 0 spiro atoms. The Morgan fingerprint density at radius 1 is 1.27 bits per heavy atom. The van der Waals surface area contributed by atoms with Crippen molar-refractivity contribution in [2.45, 2.75) is 6.92 Å². The summed E-state index contributed by atoms with van der Waals surface area (Å²) >= 11 is 6.45. The van der Waals surface area contributed by atoms with Crippen molar-refractivity contribution in [3.63, 3.8) is 0 Å². The molecule has 3 rings (SSSR count). The molecule has 0 saturated carbocycles. The molecule has 0 unspecified atom stereocenters. The highest BCUT2D eigenvalue weighted by Crippen LogP contribution is 2.36. The standard InChI is InChI=1S/C19H14FNO3S2/c1-2-24-18(23)13-6-4-8-15(11-13)21-17(22)16(26-19(21)25)10-12-5-3-7-14(20)9-12/h3-11H,2H2,1H3/b16-10-. The van der Waals surface area contributed by atoms with Gasteiger partial charge in [-0.15, -0.1) is 0 Å². The van der Waals surface area contributed by atoms with Gasteiger partial charge >= 0.3 is 5.97 Å². The van der Waals surface area contributed by atoms with Crippen LogP contribution in [0, 0.1) is 5.82 Å². The van der Waals surface area contributed by atoms with Gasteiger partial charge in [0.2, 0.25) is 0 Å². The first kappa shape index (κ1) is 18.3. The van der Waals surface area contributed by atoms with E-state index >= 15 is 0 Å². The van der Waals surface area contributed by atoms with Crippen molar-refractivity contribution >= 4 is 51.9 Å². The summed E-state index contributed by atoms with van der Waals surface area (Å²) in [5.41, 5.74) is 1.40. The molecule has 26 heavy (non-hydrogen) atoms. The number of anilines is 1. The Labute approximate surface area is 159 Å². The van der Waals surface area contributed by atoms with E-state index in [0.717, 1.165) is 11.8 Å². The van der Waals surface area contributed by atoms with Crippen LogP contribution in [0.4, 0.5) is 10.1 Å². The maximum atomic E-state index is 13.3. The van der Waals surface area contributed by atoms with E-state index in [-0.39, 0.29) is 18.3 Å². The maximum absolute atomic E-state index is 13.3. The molecular formula is C19H14FNO3S2. The molecule has 7 heteroatoms. The lowest BCUT2D eigenvalue weighted by atomic mass is 10.1. The second kappa shape index (κ2) is 7.80. The summed E-state index contributed by atoms with van der Waals surface area (Å²) in [5, 5.41) is 0. The topological polar surface area (TPSA) is 46.6 Å². The minimum absolute atomic E-state index is 0.264. The van der Waals surface area contributed by atoms with E-state index in [4.69, 9.17) is 17.0 Å². The molecule has 1 fully saturated rings. The minimum atomic E-state index is -0.463. The minimum Gasteiger partial charge on any atom is -0.462 e. The molecule has 1 heterocycles. The van der Waals surface area contributed by atoms with E-state index < -0.39 is 5.97 Å². The van der Waals surface area contributed by atoms with Crippen LogP contribution in [0.5, 0.6) is 0 Å². The van der Waals surface area contributed by atoms with Gasteiger partial charge in [-0.25, -0.2) is 9.18 Å². The summed E-state index contributed by atoms with van der Waals surface area (Å²) in [6, 6.07) is 12.5. The van der Waals surface area contributed by atoms with Crippen LogP contribution in [0.1, 0.15) is 22.8 Å². The van der Waals surface area contributed by atoms with Crippen LogP contribution < -0.4 is 4.90 Å². The zero-order valence-corrected chi connectivity index (χ0v) is 15.4. The van der Waals surface area contributed by atoms with E-state index in [0.29, 0.717) is 26.0 Å². The molecule has 0 N–H and O–H groups in total. The zero-order valence-electron chi connectivity index (χ0n) is 13.8. The molecule has 1 aliphatic heterocycles. The second-order valence-electron chi connectivity index (χ2n) is 5.34. The number of halogens is 1. The predicted molar refractivity (Wildman–Crippen MR) is 104 cm³/mol. The Morgan fingerprint density at radius 2 is 2.04 bits per heavy atom. The number of esters is 1. The van der Waals surface area contributed by atoms with Crippen LogP contribution in [-0.4, -0.2) is 22.8 Å². The fourth-order valence-corrected chi connectivity index (χ4v) is 3.72. The van der Waals surface area contributed by atoms with Gasteiger partial charge in [-0.2, -0.15) is 0 Å². The molecule has 1 aliphatic rings. The monoisotopic (exact) mass is 387 g/mol. The number of thioether (sulfide) groups is 1. The molecule has 1 amide bonds. The number of thiocarbonyl (C=S) groups is 1. The van der Waals surface area contributed by atoms with Crippen LogP contribution in [0.3, 0.4) is 0 Å². The highest BCUT2D eigenvalue weighted by Gasteiger charge is 2.33. The Kier molecular flexibility index (Phi) is 5.49. The van der Waals surface area contributed by atoms with Crippen molar-refractivity contribution in [3.05, 3.63) is 70.4 Å². The Balaban J connectivity index is 1.90. The Bertz CT molecular complexity index is 927. The van der Waals surface area contributed by atoms with Gasteiger partial charge in [0.25, 0.3) is 5.91 Å². The summed E-state index contributed by atoms with van der Waals surface area (Å²) in [6.07, 6.45) is 1.59. The molecule has 132 valence electrons. The molecular weight excluding hydrogens is 373 g/mol. The molecule has 0 radical (unpaired) electrons. The van der Waals surface area contributed by atoms with Crippen LogP contribution in [-0.2, 0) is 9.53 Å². The number of nitrogens with zero attached hydrogens (tertiary/aromatic N) is 1. The van der Waals surface area contributed by atoms with E-state index in [9.17, 15) is 14.0 Å². The second-order valence-corrected chi connectivity index (χ2v) is 7.02. The van der Waals surface area contributed by atoms with Crippen LogP contribution >= 0.6 is 24.0 Å². The molecule has 2 aromatic carbocycles. The molecule has 4 nitrogen and oxygen atoms in total. The largest absolute Gasteiger partial charge is 0.462 e. The van der Waals surface area contributed by atoms with Gasteiger partial charge in [0.1, 0.15) is 5.82 Å². The van der Waals surface area contributed by atoms with Gasteiger partial charge < -0.3 is 4.74 Å². The van der Waals surface area contributed by atoms with Crippen molar-refractivity contribution in [1.82, 2.24) is 0 Å². The van der Waals surface area contributed by atoms with Crippen molar-refractivity contribution in [2.75, 3.05) is 11.5 Å². The highest BCUT2D eigenvalue weighted by atomic mass is 32.2. The average molecular weight is 387 g/mol. The van der Waals surface area contributed by atoms with Gasteiger partial charge in [-0.1, -0.05) is 42.2 Å². The number of hydrogen-bond acceptors (Lipinski definition) is 5. The van der Waals surface area contributed by atoms with Crippen LogP contribution in [0.15, 0.2) is 53.4 Å². The number of rotatable bonds is 4. The van der Waals surface area contributed by atoms with E-state index in [1.807, 2.05) is 0 Å². The van der Waals surface area contributed by atoms with Crippen molar-refractivity contribution in [2.24, 2.45) is 0 Å². The third-order valence-electron chi connectivity index (χ3n) is 3.56. The van der Waals surface area contributed by atoms with Gasteiger partial charge in [0, 0.05) is 0 Å². The molecule has 0 aliphatic carbocycles. The summed E-state index contributed by atoms with van der Waals surface area (Å²) in [5.74, 6) is -1.16. The van der Waals surface area contributed by atoms with Gasteiger partial charge in [-0.3, -0.25) is 9.69 Å². The fraction of sp³-hybridized carbons (Fsp3) is 0.105. The van der Waals surface area contributed by atoms with E-state index in [1.54, 1.807) is 49.4 Å². The van der Waals surface area contributed by atoms with Crippen LogP contribution in [0.25, 0.3) is 6.08 Å². The first-order chi connectivity index (χ1) is 12.5. The molecule has 0 bridgehead atoms. The Morgan fingerprint density at radius 3 is 2.77 bits per heavy atom. The smallest absolute Gasteiger partial charge is 0.338 e. The molecule has 0 atom stereocenters. The first-order valence-electron chi connectivity index (χ1n) is 7.80. The van der Waals surface area contributed by atoms with Crippen LogP contribution in [0.2, 0.25) is 0 Å². The summed E-state index contributed by atoms with van der Waals surface area (Å²) in [6.45, 7) is 1.99. The lowest BCUT2D eigenvalue weighted by molar-refractivity contribution is -0.113. The zero-order chi connectivity index (χ0) is 18.7. The molecule has 0 aromatic heterocycles. The average Bonchev–Trinajstić information content (AvgIpc) is 2.89. The maximum Gasteiger partial charge on any atom is 0.338 e. The number of carbonyl (C=O) groups is 2. The number of amides is 1. The summed E-state index contributed by atoms with van der Waals surface area (Å²) in [4.78, 5) is 26.4. The predicted octanol–water partition coefficient (Wildman–Crippen LogP) is 4.41. The van der Waals surface area contributed by atoms with Gasteiger partial charge in [0.05, 0.1) is 22.8 Å². The molecule has 2 aromatic rings. The SMILES string of the molecule is CCOC(=O)c1cccc(N2C(=O)/C(=C/c3cccc(F)c3)SC2=S)c1. The Hall–Kier alpha value is -2.51. The quantitative estimate of drug-likeness (QED) is 0.442. The molecule has 1 saturated heterocycles. The van der Waals surface area contributed by atoms with E-state index in [2.05, 4.69) is 0 Å². The lowest BCUT2D eigenvalue weighted by Crippen LogP contribution is -2.27. The van der Waals surface area contributed by atoms with Crippen molar-refractivity contribution < 1.29 is 18.7 Å². The van der Waals surface area contributed by atoms with Crippen molar-refractivity contribution in [3.8, 4) is 0 Å². The highest BCUT2D eigenvalue weighted by molar-refractivity contribution is 8.27. The fourth-order valence-electron chi connectivity index (χ4n) is 2.42. The number of benzene rings is 2. The normalized spacial score (nSPS) is 15.6. The van der Waals surface area contributed by atoms with Gasteiger partial charge in [-0.05, 0) is 48.9 Å². The van der Waals surface area contributed by atoms with Crippen molar-refractivity contribution in [1.29, 1.82) is 0 Å². The third-order valence-corrected chi connectivity index (χ3v) is 4.86. The number of ether oxygens (including phenoxy) is 1. The third kappa shape index (κ3) is 3.84.